The van der Waals surface area contributed by atoms with Crippen LogP contribution in [0.15, 0.2) is 117 Å². The average Bonchev–Trinajstić information content (AvgIpc) is 3.39. The number of ether oxygens (including phenoxy) is 1. The van der Waals surface area contributed by atoms with Crippen LogP contribution in [0, 0.1) is 10.8 Å². The number of piperazine rings is 2. The number of thioether (sulfide) groups is 1. The molecule has 2 fully saturated rings. The summed E-state index contributed by atoms with van der Waals surface area (Å²) >= 11 is 8.70. The second-order valence-electron chi connectivity index (χ2n) is 21.2. The standard InChI is InChI=1S/C56H73ClF3N6O6PS3/c1-7-71-73(72-40-70-53(68)54(2,3)4)39-65-29-27-63(28-30-65)26-24-45(38-74-47-11-9-8-10-12-47)61-50-22-21-48(35-51(50)76(69)56(58,59)60)75-62-52(67)42-15-19-46(20-16-42)66-33-31-64(32-34-66)37-43-36-55(5,6)25-23-49(43)41-13-17-44(57)18-14-41/h8-22,35,45,61H,7,23-34,36-40H2,1-6H3,(H,62,67). The minimum absolute atomic E-state index is 0.126. The first-order valence-corrected chi connectivity index (χ1v) is 30.7. The largest absolute Gasteiger partial charge is 0.475 e. The van der Waals surface area contributed by atoms with Gasteiger partial charge in [0.05, 0.1) is 28.9 Å². The van der Waals surface area contributed by atoms with E-state index in [-0.39, 0.29) is 29.9 Å². The number of halogens is 4. The molecule has 2 heterocycles. The predicted octanol–water partition coefficient (Wildman–Crippen LogP) is 12.6. The first-order chi connectivity index (χ1) is 36.2. The van der Waals surface area contributed by atoms with Crippen LogP contribution in [0.25, 0.3) is 5.57 Å². The Hall–Kier alpha value is -3.68. The van der Waals surface area contributed by atoms with E-state index >= 15 is 0 Å². The molecule has 414 valence electrons. The first-order valence-electron chi connectivity index (χ1n) is 26.0. The molecule has 1 amide bonds. The van der Waals surface area contributed by atoms with Gasteiger partial charge < -0.3 is 24.4 Å². The zero-order valence-corrected chi connectivity index (χ0v) is 48.6. The zero-order valence-electron chi connectivity index (χ0n) is 44.5. The highest BCUT2D eigenvalue weighted by Gasteiger charge is 2.40. The van der Waals surface area contributed by atoms with Crippen molar-refractivity contribution in [1.82, 2.24) is 19.4 Å². The third-order valence-corrected chi connectivity index (χ3v) is 18.6. The molecule has 4 aromatic rings. The van der Waals surface area contributed by atoms with E-state index in [1.807, 2.05) is 61.5 Å². The number of benzene rings is 4. The Labute approximate surface area is 465 Å². The van der Waals surface area contributed by atoms with Crippen LogP contribution in [0.4, 0.5) is 24.5 Å². The Balaban J connectivity index is 0.932. The molecule has 0 radical (unpaired) electrons. The van der Waals surface area contributed by atoms with E-state index in [1.165, 1.54) is 28.8 Å². The number of carbonyl (C=O) groups excluding carboxylic acids is 2. The fraction of sp³-hybridized carbons (Fsp3) is 0.500. The van der Waals surface area contributed by atoms with Crippen LogP contribution in [0.3, 0.4) is 0 Å². The van der Waals surface area contributed by atoms with E-state index in [4.69, 9.17) is 25.4 Å². The van der Waals surface area contributed by atoms with Gasteiger partial charge in [0, 0.05) is 103 Å². The lowest BCUT2D eigenvalue weighted by Crippen LogP contribution is -2.47. The van der Waals surface area contributed by atoms with Crippen molar-refractivity contribution < 1.29 is 40.8 Å². The molecule has 2 aliphatic heterocycles. The highest BCUT2D eigenvalue weighted by Crippen LogP contribution is 2.43. The van der Waals surface area contributed by atoms with Gasteiger partial charge >= 0.3 is 11.5 Å². The summed E-state index contributed by atoms with van der Waals surface area (Å²) in [5.41, 5.74) is 0.372. The Kier molecular flexibility index (Phi) is 22.1. The van der Waals surface area contributed by atoms with Gasteiger partial charge in [0.1, 0.15) is 0 Å². The maximum atomic E-state index is 14.3. The molecule has 2 saturated heterocycles. The van der Waals surface area contributed by atoms with Crippen molar-refractivity contribution in [1.29, 1.82) is 0 Å². The molecule has 0 saturated carbocycles. The van der Waals surface area contributed by atoms with Crippen molar-refractivity contribution in [2.45, 2.75) is 93.5 Å². The molecule has 20 heteroatoms. The van der Waals surface area contributed by atoms with Gasteiger partial charge in [-0.1, -0.05) is 61.4 Å². The predicted molar refractivity (Wildman–Crippen MR) is 305 cm³/mol. The number of anilines is 2. The number of nitrogens with one attached hydrogen (secondary N) is 2. The number of rotatable bonds is 23. The van der Waals surface area contributed by atoms with Crippen molar-refractivity contribution in [2.24, 2.45) is 10.8 Å². The van der Waals surface area contributed by atoms with Gasteiger partial charge in [0.25, 0.3) is 5.91 Å². The Bertz CT molecular complexity index is 2580. The van der Waals surface area contributed by atoms with Crippen LogP contribution in [0.2, 0.25) is 5.02 Å². The van der Waals surface area contributed by atoms with Gasteiger partial charge in [-0.25, -0.2) is 4.21 Å². The minimum atomic E-state index is -5.01. The fourth-order valence-corrected chi connectivity index (χ4v) is 13.3. The number of esters is 1. The van der Waals surface area contributed by atoms with Gasteiger partial charge in [0.15, 0.2) is 26.0 Å². The fourth-order valence-electron chi connectivity index (χ4n) is 9.35. The molecule has 3 atom stereocenters. The maximum absolute atomic E-state index is 14.3. The number of carbonyl (C=O) groups is 2. The topological polar surface area (TPSA) is 116 Å². The third-order valence-electron chi connectivity index (χ3n) is 13.7. The molecule has 0 spiro atoms. The highest BCUT2D eigenvalue weighted by molar-refractivity contribution is 7.99. The summed E-state index contributed by atoms with van der Waals surface area (Å²) in [7, 11) is -4.65. The lowest BCUT2D eigenvalue weighted by molar-refractivity contribution is -0.159. The molecule has 2 N–H and O–H groups in total. The second kappa shape index (κ2) is 28.0. The molecule has 3 aliphatic rings. The summed E-state index contributed by atoms with van der Waals surface area (Å²) in [6.45, 7) is 20.4. The van der Waals surface area contributed by atoms with Crippen LogP contribution in [0.1, 0.15) is 83.1 Å². The lowest BCUT2D eigenvalue weighted by atomic mass is 9.73. The molecular formula is C56H73ClF3N6O6PS3. The van der Waals surface area contributed by atoms with Gasteiger partial charge in [-0.05, 0) is 149 Å². The number of allylic oxidation sites excluding steroid dienone is 1. The average molecular weight is 1150 g/mol. The third kappa shape index (κ3) is 18.2. The van der Waals surface area contributed by atoms with Crippen LogP contribution >= 0.6 is 43.7 Å². The monoisotopic (exact) mass is 1140 g/mol. The molecule has 76 heavy (non-hydrogen) atoms. The van der Waals surface area contributed by atoms with E-state index in [0.717, 1.165) is 106 Å². The first kappa shape index (κ1) is 60.0. The molecule has 1 aliphatic carbocycles. The molecule has 12 nitrogen and oxygen atoms in total. The van der Waals surface area contributed by atoms with Crippen molar-refractivity contribution in [2.75, 3.05) is 101 Å². The van der Waals surface area contributed by atoms with Crippen LogP contribution in [-0.4, -0.2) is 133 Å². The number of nitrogens with zero attached hydrogens (tertiary/aromatic N) is 4. The quantitative estimate of drug-likeness (QED) is 0.0242. The van der Waals surface area contributed by atoms with E-state index in [0.29, 0.717) is 42.1 Å². The van der Waals surface area contributed by atoms with Crippen molar-refractivity contribution >= 4 is 83.3 Å². The minimum Gasteiger partial charge on any atom is -0.438 e. The normalized spacial score (nSPS) is 18.3. The van der Waals surface area contributed by atoms with Crippen molar-refractivity contribution in [3.8, 4) is 0 Å². The summed E-state index contributed by atoms with van der Waals surface area (Å²) in [6, 6.07) is 29.5. The Morgan fingerprint density at radius 1 is 0.842 bits per heavy atom. The number of alkyl halides is 3. The van der Waals surface area contributed by atoms with E-state index < -0.39 is 40.9 Å². The van der Waals surface area contributed by atoms with Crippen molar-refractivity contribution in [3.63, 3.8) is 0 Å². The van der Waals surface area contributed by atoms with Gasteiger partial charge in [-0.15, -0.1) is 11.8 Å². The van der Waals surface area contributed by atoms with Crippen LogP contribution in [0.5, 0.6) is 0 Å². The maximum Gasteiger partial charge on any atom is 0.475 e. The van der Waals surface area contributed by atoms with E-state index in [9.17, 15) is 27.0 Å². The highest BCUT2D eigenvalue weighted by atomic mass is 35.5. The summed E-state index contributed by atoms with van der Waals surface area (Å²) in [6.07, 6.45) is 4.45. The molecule has 3 unspecified atom stereocenters. The summed E-state index contributed by atoms with van der Waals surface area (Å²) in [5.74, 6) is -0.201. The van der Waals surface area contributed by atoms with E-state index in [1.54, 1.807) is 50.7 Å². The summed E-state index contributed by atoms with van der Waals surface area (Å²) in [4.78, 5) is 36.0. The van der Waals surface area contributed by atoms with E-state index in [2.05, 4.69) is 55.6 Å². The van der Waals surface area contributed by atoms with Crippen molar-refractivity contribution in [3.05, 3.63) is 119 Å². The SMILES string of the molecule is CCOP(CN1CCN(CCC(CSc2ccccc2)Nc2ccc(SNC(=O)c3ccc(N4CCN(CC5=C(c6ccc(Cl)cc6)CCC(C)(C)C5)CC4)cc3)cc2S(=O)C(F)(F)F)CC1)OCOC(=O)C(C)(C)C. The molecule has 7 rings (SSSR count). The summed E-state index contributed by atoms with van der Waals surface area (Å²) in [5, 5.41) is 4.10. The van der Waals surface area contributed by atoms with Crippen LogP contribution in [-0.2, 0) is 29.4 Å². The lowest BCUT2D eigenvalue weighted by Gasteiger charge is -2.39. The smallest absolute Gasteiger partial charge is 0.438 e. The Morgan fingerprint density at radius 2 is 1.51 bits per heavy atom. The second-order valence-corrected chi connectivity index (χ2v) is 26.5. The summed E-state index contributed by atoms with van der Waals surface area (Å²) < 4.78 is 75.9. The van der Waals surface area contributed by atoms with Gasteiger partial charge in [-0.2, -0.15) is 13.2 Å². The van der Waals surface area contributed by atoms with Crippen LogP contribution < -0.4 is 14.9 Å². The van der Waals surface area contributed by atoms with Gasteiger partial charge in [-0.3, -0.25) is 28.6 Å². The number of amides is 1. The zero-order chi connectivity index (χ0) is 54.5. The molecule has 0 aromatic heterocycles. The number of hydrogen-bond donors (Lipinski definition) is 2. The molecule has 0 bridgehead atoms. The molecular weight excluding hydrogens is 1070 g/mol. The molecule has 4 aromatic carbocycles. The Morgan fingerprint density at radius 3 is 2.17 bits per heavy atom. The number of hydrogen-bond acceptors (Lipinski definition) is 13. The van der Waals surface area contributed by atoms with Gasteiger partial charge in [0.2, 0.25) is 0 Å².